The highest BCUT2D eigenvalue weighted by Crippen LogP contribution is 2.42. The van der Waals surface area contributed by atoms with E-state index in [4.69, 9.17) is 5.73 Å². The first-order valence-corrected chi connectivity index (χ1v) is 10.3. The average molecular weight is 413 g/mol. The first kappa shape index (κ1) is 17.5. The molecule has 0 radical (unpaired) electrons. The molecule has 0 atom stereocenters. The number of amides is 2. The van der Waals surface area contributed by atoms with Gasteiger partial charge in [-0.1, -0.05) is 23.5 Å². The van der Waals surface area contributed by atoms with Crippen LogP contribution in [-0.4, -0.2) is 21.8 Å². The Morgan fingerprint density at radius 3 is 2.33 bits per heavy atom. The number of carbonyl (C=O) groups excluding carboxylic acids is 2. The summed E-state index contributed by atoms with van der Waals surface area (Å²) in [4.78, 5) is 35.4. The quantitative estimate of drug-likeness (QED) is 0.509. The van der Waals surface area contributed by atoms with Gasteiger partial charge in [-0.15, -0.1) is 22.7 Å². The van der Waals surface area contributed by atoms with Crippen LogP contribution in [0.4, 0.5) is 5.13 Å². The largest absolute Gasteiger partial charge is 0.366 e. The monoisotopic (exact) mass is 412 g/mol. The minimum Gasteiger partial charge on any atom is -0.366 e. The molecule has 0 fully saturated rings. The molecule has 4 heterocycles. The molecule has 0 unspecified atom stereocenters. The Bertz CT molecular complexity index is 1030. The smallest absolute Gasteiger partial charge is 0.276 e. The Balaban J connectivity index is 1.63. The van der Waals surface area contributed by atoms with Crippen LogP contribution in [0.2, 0.25) is 0 Å². The summed E-state index contributed by atoms with van der Waals surface area (Å²) < 4.78 is 0. The van der Waals surface area contributed by atoms with Gasteiger partial charge in [-0.05, 0) is 35.0 Å². The van der Waals surface area contributed by atoms with E-state index < -0.39 is 11.8 Å². The van der Waals surface area contributed by atoms with E-state index in [0.717, 1.165) is 20.3 Å². The standard InChI is InChI=1S/C18H12N4O2S3/c19-16(23)10-5-6-11(20-9-10)17(24)22-18-21-14(12-3-1-7-25-12)15(27-18)13-4-2-8-26-13/h1-9H,(H2,19,23)(H,21,22,24). The van der Waals surface area contributed by atoms with Crippen LogP contribution in [0.25, 0.3) is 20.3 Å². The molecule has 0 saturated heterocycles. The van der Waals surface area contributed by atoms with E-state index in [0.29, 0.717) is 5.13 Å². The predicted molar refractivity (Wildman–Crippen MR) is 109 cm³/mol. The summed E-state index contributed by atoms with van der Waals surface area (Å²) >= 11 is 4.65. The zero-order valence-electron chi connectivity index (χ0n) is 13.7. The molecule has 3 N–H and O–H groups in total. The van der Waals surface area contributed by atoms with Gasteiger partial charge in [0.05, 0.1) is 15.3 Å². The lowest BCUT2D eigenvalue weighted by atomic mass is 10.2. The lowest BCUT2D eigenvalue weighted by Gasteiger charge is -2.01. The first-order chi connectivity index (χ1) is 13.1. The van der Waals surface area contributed by atoms with E-state index in [1.54, 1.807) is 22.7 Å². The summed E-state index contributed by atoms with van der Waals surface area (Å²) in [6.45, 7) is 0. The number of hydrogen-bond donors (Lipinski definition) is 2. The number of primary amides is 1. The Labute approximate surface area is 166 Å². The fourth-order valence-electron chi connectivity index (χ4n) is 2.36. The second-order valence-electron chi connectivity index (χ2n) is 5.40. The summed E-state index contributed by atoms with van der Waals surface area (Å²) in [5.74, 6) is -0.981. The van der Waals surface area contributed by atoms with E-state index in [2.05, 4.69) is 15.3 Å². The topological polar surface area (TPSA) is 98.0 Å². The number of rotatable bonds is 5. The zero-order valence-corrected chi connectivity index (χ0v) is 16.2. The number of pyridine rings is 1. The summed E-state index contributed by atoms with van der Waals surface area (Å²) in [7, 11) is 0. The van der Waals surface area contributed by atoms with Crippen molar-refractivity contribution >= 4 is 51.0 Å². The summed E-state index contributed by atoms with van der Waals surface area (Å²) in [5, 5.41) is 7.29. The molecule has 27 heavy (non-hydrogen) atoms. The van der Waals surface area contributed by atoms with Crippen molar-refractivity contribution in [3.63, 3.8) is 0 Å². The van der Waals surface area contributed by atoms with Gasteiger partial charge in [-0.2, -0.15) is 0 Å². The maximum absolute atomic E-state index is 12.5. The molecule has 0 aliphatic heterocycles. The number of anilines is 1. The summed E-state index contributed by atoms with van der Waals surface area (Å²) in [6.07, 6.45) is 1.28. The third kappa shape index (κ3) is 3.65. The number of nitrogens with two attached hydrogens (primary N) is 1. The van der Waals surface area contributed by atoms with Crippen LogP contribution in [0.5, 0.6) is 0 Å². The van der Waals surface area contributed by atoms with E-state index in [9.17, 15) is 9.59 Å². The van der Waals surface area contributed by atoms with Crippen LogP contribution in [0.15, 0.2) is 53.4 Å². The maximum Gasteiger partial charge on any atom is 0.276 e. The highest BCUT2D eigenvalue weighted by molar-refractivity contribution is 7.24. The second kappa shape index (κ2) is 7.39. The van der Waals surface area contributed by atoms with Crippen molar-refractivity contribution < 1.29 is 9.59 Å². The van der Waals surface area contributed by atoms with Gasteiger partial charge in [0.25, 0.3) is 5.91 Å². The maximum atomic E-state index is 12.5. The molecule has 0 aliphatic rings. The lowest BCUT2D eigenvalue weighted by molar-refractivity contribution is 0.0993. The molecule has 0 bridgehead atoms. The fourth-order valence-corrected chi connectivity index (χ4v) is 4.98. The van der Waals surface area contributed by atoms with E-state index in [1.165, 1.54) is 29.7 Å². The minimum absolute atomic E-state index is 0.186. The number of aromatic nitrogens is 2. The number of thiazole rings is 1. The molecular formula is C18H12N4O2S3. The second-order valence-corrected chi connectivity index (χ2v) is 8.30. The van der Waals surface area contributed by atoms with Crippen LogP contribution < -0.4 is 11.1 Å². The number of nitrogens with one attached hydrogen (secondary N) is 1. The van der Waals surface area contributed by atoms with Crippen molar-refractivity contribution in [3.8, 4) is 20.3 Å². The molecule has 9 heteroatoms. The van der Waals surface area contributed by atoms with E-state index in [-0.39, 0.29) is 11.3 Å². The normalized spacial score (nSPS) is 10.7. The van der Waals surface area contributed by atoms with Gasteiger partial charge in [0.15, 0.2) is 5.13 Å². The van der Waals surface area contributed by atoms with E-state index >= 15 is 0 Å². The van der Waals surface area contributed by atoms with Crippen molar-refractivity contribution in [2.75, 3.05) is 5.32 Å². The highest BCUT2D eigenvalue weighted by Gasteiger charge is 2.18. The Morgan fingerprint density at radius 1 is 1.00 bits per heavy atom. The van der Waals surface area contributed by atoms with Gasteiger partial charge in [-0.25, -0.2) is 4.98 Å². The molecule has 4 aromatic heterocycles. The van der Waals surface area contributed by atoms with Gasteiger partial charge < -0.3 is 5.73 Å². The van der Waals surface area contributed by atoms with Gasteiger partial charge >= 0.3 is 0 Å². The first-order valence-electron chi connectivity index (χ1n) is 7.77. The molecule has 6 nitrogen and oxygen atoms in total. The molecule has 0 aromatic carbocycles. The highest BCUT2D eigenvalue weighted by atomic mass is 32.1. The number of nitrogens with zero attached hydrogens (tertiary/aromatic N) is 2. The van der Waals surface area contributed by atoms with Crippen molar-refractivity contribution in [3.05, 3.63) is 64.6 Å². The van der Waals surface area contributed by atoms with Gasteiger partial charge in [0.2, 0.25) is 5.91 Å². The third-order valence-electron chi connectivity index (χ3n) is 3.63. The molecule has 0 aliphatic carbocycles. The van der Waals surface area contributed by atoms with Crippen molar-refractivity contribution in [2.45, 2.75) is 0 Å². The van der Waals surface area contributed by atoms with Crippen molar-refractivity contribution in [1.82, 2.24) is 9.97 Å². The molecule has 2 amide bonds. The summed E-state index contributed by atoms with van der Waals surface area (Å²) in [6, 6.07) is 10.9. The van der Waals surface area contributed by atoms with Gasteiger partial charge in [0.1, 0.15) is 11.4 Å². The Morgan fingerprint density at radius 2 is 1.74 bits per heavy atom. The predicted octanol–water partition coefficient (Wildman–Crippen LogP) is 4.35. The zero-order chi connectivity index (χ0) is 18.8. The molecule has 4 aromatic rings. The Hall–Kier alpha value is -2.88. The van der Waals surface area contributed by atoms with Crippen LogP contribution in [0.3, 0.4) is 0 Å². The number of thiophene rings is 2. The Kier molecular flexibility index (Phi) is 4.80. The fraction of sp³-hybridized carbons (Fsp3) is 0. The van der Waals surface area contributed by atoms with Crippen LogP contribution in [0.1, 0.15) is 20.8 Å². The average Bonchev–Trinajstić information content (AvgIpc) is 3.42. The number of carbonyl (C=O) groups is 2. The van der Waals surface area contributed by atoms with Crippen LogP contribution >= 0.6 is 34.0 Å². The van der Waals surface area contributed by atoms with Crippen molar-refractivity contribution in [1.29, 1.82) is 0 Å². The van der Waals surface area contributed by atoms with Crippen LogP contribution in [-0.2, 0) is 0 Å². The van der Waals surface area contributed by atoms with E-state index in [1.807, 2.05) is 35.0 Å². The molecule has 134 valence electrons. The molecule has 0 spiro atoms. The van der Waals surface area contributed by atoms with Gasteiger partial charge in [-0.3, -0.25) is 19.9 Å². The number of hydrogen-bond acceptors (Lipinski definition) is 7. The van der Waals surface area contributed by atoms with Gasteiger partial charge in [0, 0.05) is 11.1 Å². The molecular weight excluding hydrogens is 400 g/mol. The SMILES string of the molecule is NC(=O)c1ccc(C(=O)Nc2nc(-c3cccs3)c(-c3cccs3)s2)nc1. The summed E-state index contributed by atoms with van der Waals surface area (Å²) in [5.41, 5.74) is 6.48. The molecule has 4 rings (SSSR count). The minimum atomic E-state index is -0.587. The lowest BCUT2D eigenvalue weighted by Crippen LogP contribution is -2.15. The van der Waals surface area contributed by atoms with Crippen molar-refractivity contribution in [2.24, 2.45) is 5.73 Å². The molecule has 0 saturated carbocycles. The third-order valence-corrected chi connectivity index (χ3v) is 6.53. The van der Waals surface area contributed by atoms with Crippen LogP contribution in [0, 0.1) is 0 Å².